The number of nitrogen functional groups attached to an aromatic ring is 1. The zero-order valence-corrected chi connectivity index (χ0v) is 11.3. The van der Waals surface area contributed by atoms with E-state index in [0.29, 0.717) is 17.6 Å². The van der Waals surface area contributed by atoms with Gasteiger partial charge in [-0.05, 0) is 36.1 Å². The van der Waals surface area contributed by atoms with Crippen LogP contribution < -0.4 is 16.0 Å². The highest BCUT2D eigenvalue weighted by molar-refractivity contribution is 5.37. The molecule has 4 nitrogen and oxygen atoms in total. The Morgan fingerprint density at radius 2 is 1.95 bits per heavy atom. The Balaban J connectivity index is 2.10. The Kier molecular flexibility index (Phi) is 4.36. The molecule has 0 aliphatic rings. The van der Waals surface area contributed by atoms with E-state index in [-0.39, 0.29) is 0 Å². The van der Waals surface area contributed by atoms with E-state index in [0.717, 1.165) is 12.2 Å². The number of pyridine rings is 1. The van der Waals surface area contributed by atoms with Gasteiger partial charge in [0.1, 0.15) is 11.6 Å². The molecule has 0 saturated carbocycles. The minimum atomic E-state index is 0.520. The number of benzene rings is 1. The summed E-state index contributed by atoms with van der Waals surface area (Å²) in [5, 5.41) is 0. The second kappa shape index (κ2) is 6.20. The minimum Gasteiger partial charge on any atom is -0.439 e. The molecule has 0 bridgehead atoms. The van der Waals surface area contributed by atoms with Gasteiger partial charge in [0, 0.05) is 6.07 Å². The molecular formula is C15H19N3O. The van der Waals surface area contributed by atoms with E-state index in [2.05, 4.69) is 36.4 Å². The zero-order chi connectivity index (χ0) is 13.7. The van der Waals surface area contributed by atoms with Crippen molar-refractivity contribution in [2.45, 2.75) is 26.2 Å². The number of nitrogens with zero attached hydrogens (tertiary/aromatic N) is 1. The molecule has 0 amide bonds. The Morgan fingerprint density at radius 1 is 1.21 bits per heavy atom. The molecule has 2 rings (SSSR count). The van der Waals surface area contributed by atoms with Crippen molar-refractivity contribution in [3.63, 3.8) is 0 Å². The van der Waals surface area contributed by atoms with E-state index in [1.165, 1.54) is 5.56 Å². The molecular weight excluding hydrogens is 238 g/mol. The predicted octanol–water partition coefficient (Wildman–Crippen LogP) is 3.67. The first-order valence-electron chi connectivity index (χ1n) is 6.44. The predicted molar refractivity (Wildman–Crippen MR) is 77.3 cm³/mol. The summed E-state index contributed by atoms with van der Waals surface area (Å²) in [4.78, 5) is 4.20. The maximum Gasteiger partial charge on any atom is 0.221 e. The van der Waals surface area contributed by atoms with Crippen LogP contribution in [-0.2, 0) is 0 Å². The number of hydrogen-bond acceptors (Lipinski definition) is 4. The van der Waals surface area contributed by atoms with Crippen LogP contribution in [0.25, 0.3) is 0 Å². The molecule has 3 N–H and O–H groups in total. The van der Waals surface area contributed by atoms with Crippen molar-refractivity contribution in [2.75, 3.05) is 5.43 Å². The van der Waals surface area contributed by atoms with Gasteiger partial charge in [0.25, 0.3) is 0 Å². The van der Waals surface area contributed by atoms with Crippen LogP contribution in [0.3, 0.4) is 0 Å². The Bertz CT molecular complexity index is 525. The van der Waals surface area contributed by atoms with Gasteiger partial charge in [0.2, 0.25) is 5.88 Å². The number of hydrazine groups is 1. The number of ether oxygens (including phenoxy) is 1. The van der Waals surface area contributed by atoms with Gasteiger partial charge < -0.3 is 10.2 Å². The summed E-state index contributed by atoms with van der Waals surface area (Å²) in [6, 6.07) is 13.5. The van der Waals surface area contributed by atoms with Gasteiger partial charge in [-0.15, -0.1) is 0 Å². The summed E-state index contributed by atoms with van der Waals surface area (Å²) in [6.45, 7) is 4.40. The van der Waals surface area contributed by atoms with Gasteiger partial charge in [-0.1, -0.05) is 32.0 Å². The molecule has 0 fully saturated rings. The molecule has 1 heterocycles. The lowest BCUT2D eigenvalue weighted by Gasteiger charge is -2.10. The molecule has 0 spiro atoms. The van der Waals surface area contributed by atoms with Crippen LogP contribution in [0.4, 0.5) is 5.82 Å². The van der Waals surface area contributed by atoms with Crippen LogP contribution in [0.15, 0.2) is 42.5 Å². The number of anilines is 1. The monoisotopic (exact) mass is 257 g/mol. The zero-order valence-electron chi connectivity index (χ0n) is 11.3. The SMILES string of the molecule is CCC(C)c1ccc(Oc2cccc(NN)n2)cc1. The fraction of sp³-hybridized carbons (Fsp3) is 0.267. The van der Waals surface area contributed by atoms with Crippen molar-refractivity contribution in [1.29, 1.82) is 0 Å². The van der Waals surface area contributed by atoms with E-state index in [4.69, 9.17) is 10.6 Å². The third-order valence-electron chi connectivity index (χ3n) is 3.16. The fourth-order valence-electron chi connectivity index (χ4n) is 1.77. The van der Waals surface area contributed by atoms with Crippen molar-refractivity contribution in [3.05, 3.63) is 48.0 Å². The van der Waals surface area contributed by atoms with Crippen LogP contribution in [-0.4, -0.2) is 4.98 Å². The maximum atomic E-state index is 5.68. The standard InChI is InChI=1S/C15H19N3O/c1-3-11(2)12-7-9-13(10-8-12)19-15-6-4-5-14(17-15)18-16/h4-11H,3,16H2,1-2H3,(H,17,18). The largest absolute Gasteiger partial charge is 0.439 e. The second-order valence-electron chi connectivity index (χ2n) is 4.49. The Labute approximate surface area is 113 Å². The van der Waals surface area contributed by atoms with E-state index in [1.807, 2.05) is 18.2 Å². The third-order valence-corrected chi connectivity index (χ3v) is 3.16. The van der Waals surface area contributed by atoms with Gasteiger partial charge in [-0.2, -0.15) is 4.98 Å². The van der Waals surface area contributed by atoms with Gasteiger partial charge in [-0.3, -0.25) is 0 Å². The van der Waals surface area contributed by atoms with Gasteiger partial charge >= 0.3 is 0 Å². The molecule has 1 aromatic carbocycles. The molecule has 1 aromatic heterocycles. The molecule has 0 radical (unpaired) electrons. The Hall–Kier alpha value is -2.07. The summed E-state index contributed by atoms with van der Waals surface area (Å²) in [7, 11) is 0. The average molecular weight is 257 g/mol. The van der Waals surface area contributed by atoms with Gasteiger partial charge in [-0.25, -0.2) is 5.84 Å². The molecule has 1 unspecified atom stereocenters. The van der Waals surface area contributed by atoms with Crippen molar-refractivity contribution in [2.24, 2.45) is 5.84 Å². The normalized spacial score (nSPS) is 11.9. The maximum absolute atomic E-state index is 5.68. The van der Waals surface area contributed by atoms with E-state index in [9.17, 15) is 0 Å². The number of aromatic nitrogens is 1. The van der Waals surface area contributed by atoms with Crippen molar-refractivity contribution >= 4 is 5.82 Å². The highest BCUT2D eigenvalue weighted by atomic mass is 16.5. The van der Waals surface area contributed by atoms with Crippen LogP contribution >= 0.6 is 0 Å². The van der Waals surface area contributed by atoms with Crippen molar-refractivity contribution in [3.8, 4) is 11.6 Å². The van der Waals surface area contributed by atoms with Crippen molar-refractivity contribution in [1.82, 2.24) is 4.98 Å². The van der Waals surface area contributed by atoms with Crippen LogP contribution in [0.5, 0.6) is 11.6 Å². The first-order chi connectivity index (χ1) is 9.22. The van der Waals surface area contributed by atoms with E-state index >= 15 is 0 Å². The first-order valence-corrected chi connectivity index (χ1v) is 6.44. The molecule has 2 aromatic rings. The van der Waals surface area contributed by atoms with Crippen LogP contribution in [0, 0.1) is 0 Å². The molecule has 100 valence electrons. The topological polar surface area (TPSA) is 60.2 Å². The highest BCUT2D eigenvalue weighted by Gasteiger charge is 2.04. The number of nitrogens with one attached hydrogen (secondary N) is 1. The summed E-state index contributed by atoms with van der Waals surface area (Å²) >= 11 is 0. The van der Waals surface area contributed by atoms with Gasteiger partial charge in [0.15, 0.2) is 0 Å². The molecule has 0 aliphatic heterocycles. The molecule has 0 saturated heterocycles. The lowest BCUT2D eigenvalue weighted by Crippen LogP contribution is -2.08. The molecule has 1 atom stereocenters. The fourth-order valence-corrected chi connectivity index (χ4v) is 1.77. The lowest BCUT2D eigenvalue weighted by molar-refractivity contribution is 0.463. The summed E-state index contributed by atoms with van der Waals surface area (Å²) in [6.07, 6.45) is 1.13. The summed E-state index contributed by atoms with van der Waals surface area (Å²) < 4.78 is 5.68. The van der Waals surface area contributed by atoms with Crippen LogP contribution in [0.1, 0.15) is 31.7 Å². The molecule has 19 heavy (non-hydrogen) atoms. The van der Waals surface area contributed by atoms with E-state index in [1.54, 1.807) is 12.1 Å². The lowest BCUT2D eigenvalue weighted by atomic mass is 9.99. The smallest absolute Gasteiger partial charge is 0.221 e. The molecule has 0 aliphatic carbocycles. The Morgan fingerprint density at radius 3 is 2.58 bits per heavy atom. The number of nitrogens with two attached hydrogens (primary N) is 1. The second-order valence-corrected chi connectivity index (χ2v) is 4.49. The number of hydrogen-bond donors (Lipinski definition) is 2. The average Bonchev–Trinajstić information content (AvgIpc) is 2.47. The summed E-state index contributed by atoms with van der Waals surface area (Å²) in [5.74, 6) is 7.75. The highest BCUT2D eigenvalue weighted by Crippen LogP contribution is 2.24. The molecule has 4 heteroatoms. The first kappa shape index (κ1) is 13.4. The van der Waals surface area contributed by atoms with Crippen molar-refractivity contribution < 1.29 is 4.74 Å². The van der Waals surface area contributed by atoms with Crippen LogP contribution in [0.2, 0.25) is 0 Å². The quantitative estimate of drug-likeness (QED) is 0.633. The third kappa shape index (κ3) is 3.45. The van der Waals surface area contributed by atoms with E-state index < -0.39 is 0 Å². The minimum absolute atomic E-state index is 0.520. The summed E-state index contributed by atoms with van der Waals surface area (Å²) in [5.41, 5.74) is 3.81. The number of rotatable bonds is 5. The van der Waals surface area contributed by atoms with Gasteiger partial charge in [0.05, 0.1) is 0 Å².